The first-order valence-electron chi connectivity index (χ1n) is 11.1. The molecule has 164 valence electrons. The van der Waals surface area contributed by atoms with Crippen LogP contribution in [0.15, 0.2) is 47.4 Å². The highest BCUT2D eigenvalue weighted by Crippen LogP contribution is 2.45. The average Bonchev–Trinajstić information content (AvgIpc) is 3.40. The van der Waals surface area contributed by atoms with Crippen molar-refractivity contribution < 1.29 is 13.2 Å². The second-order valence-corrected chi connectivity index (χ2v) is 11.0. The lowest BCUT2D eigenvalue weighted by Crippen LogP contribution is -2.47. The standard InChI is InChI=1S/C24H29N3O3S/c1-17-5-10-22-20(15-17)21-16-25(2)14-11-23(21)27(22)24(28)18-6-8-19(9-7-18)31(29,30)26-12-3-4-13-26/h5-10,15,21,23H,3-4,11-14,16H2,1-2H3/t21-,23+/m1/s1. The van der Waals surface area contributed by atoms with E-state index in [2.05, 4.69) is 37.1 Å². The van der Waals surface area contributed by atoms with Crippen molar-refractivity contribution in [3.63, 3.8) is 0 Å². The molecule has 3 aliphatic heterocycles. The lowest BCUT2D eigenvalue weighted by molar-refractivity contribution is 0.0964. The van der Waals surface area contributed by atoms with E-state index in [1.54, 1.807) is 24.3 Å². The minimum absolute atomic E-state index is 0.0488. The van der Waals surface area contributed by atoms with Gasteiger partial charge in [0.2, 0.25) is 10.0 Å². The van der Waals surface area contributed by atoms with Gasteiger partial charge in [0.25, 0.3) is 5.91 Å². The summed E-state index contributed by atoms with van der Waals surface area (Å²) in [6.45, 7) is 5.14. The Kier molecular flexibility index (Phi) is 5.15. The first-order valence-corrected chi connectivity index (χ1v) is 12.5. The van der Waals surface area contributed by atoms with Gasteiger partial charge in [0.1, 0.15) is 0 Å². The molecule has 5 rings (SSSR count). The van der Waals surface area contributed by atoms with Crippen LogP contribution in [-0.2, 0) is 10.0 Å². The number of rotatable bonds is 3. The zero-order chi connectivity index (χ0) is 21.8. The van der Waals surface area contributed by atoms with E-state index in [-0.39, 0.29) is 16.8 Å². The third-order valence-corrected chi connectivity index (χ3v) is 8.89. The number of nitrogens with zero attached hydrogens (tertiary/aromatic N) is 3. The van der Waals surface area contributed by atoms with Crippen LogP contribution in [0.3, 0.4) is 0 Å². The number of carbonyl (C=O) groups excluding carboxylic acids is 1. The molecule has 31 heavy (non-hydrogen) atoms. The summed E-state index contributed by atoms with van der Waals surface area (Å²) in [6, 6.07) is 13.0. The summed E-state index contributed by atoms with van der Waals surface area (Å²) in [6.07, 6.45) is 2.74. The van der Waals surface area contributed by atoms with Gasteiger partial charge in [-0.2, -0.15) is 4.31 Å². The van der Waals surface area contributed by atoms with Crippen molar-refractivity contribution in [3.8, 4) is 0 Å². The van der Waals surface area contributed by atoms with E-state index in [4.69, 9.17) is 0 Å². The molecule has 0 saturated carbocycles. The molecular weight excluding hydrogens is 410 g/mol. The molecule has 0 radical (unpaired) electrons. The number of benzene rings is 2. The van der Waals surface area contributed by atoms with Crippen LogP contribution in [0.5, 0.6) is 0 Å². The van der Waals surface area contributed by atoms with Gasteiger partial charge in [-0.25, -0.2) is 8.42 Å². The number of sulfonamides is 1. The van der Waals surface area contributed by atoms with Gasteiger partial charge in [-0.3, -0.25) is 4.79 Å². The average molecular weight is 440 g/mol. The number of fused-ring (bicyclic) bond motifs is 3. The van der Waals surface area contributed by atoms with Gasteiger partial charge in [-0.1, -0.05) is 17.7 Å². The molecule has 3 aliphatic rings. The van der Waals surface area contributed by atoms with Crippen LogP contribution in [0.4, 0.5) is 5.69 Å². The number of aryl methyl sites for hydroxylation is 1. The zero-order valence-corrected chi connectivity index (χ0v) is 18.9. The predicted octanol–water partition coefficient (Wildman–Crippen LogP) is 3.23. The Hall–Kier alpha value is -2.22. The van der Waals surface area contributed by atoms with E-state index in [1.807, 2.05) is 4.90 Å². The Morgan fingerprint density at radius 1 is 1.00 bits per heavy atom. The fraction of sp³-hybridized carbons (Fsp3) is 0.458. The van der Waals surface area contributed by atoms with Crippen molar-refractivity contribution >= 4 is 21.6 Å². The van der Waals surface area contributed by atoms with Gasteiger partial charge in [0.15, 0.2) is 0 Å². The fourth-order valence-corrected chi connectivity index (χ4v) is 6.85. The molecule has 3 heterocycles. The highest BCUT2D eigenvalue weighted by atomic mass is 32.2. The van der Waals surface area contributed by atoms with Crippen LogP contribution in [-0.4, -0.2) is 62.8 Å². The van der Waals surface area contributed by atoms with Gasteiger partial charge in [-0.05, 0) is 75.7 Å². The quantitative estimate of drug-likeness (QED) is 0.737. The molecule has 0 bridgehead atoms. The van der Waals surface area contributed by atoms with Gasteiger partial charge >= 0.3 is 0 Å². The normalized spacial score (nSPS) is 24.3. The smallest absolute Gasteiger partial charge is 0.258 e. The van der Waals surface area contributed by atoms with Crippen LogP contribution in [0.1, 0.15) is 46.7 Å². The maximum absolute atomic E-state index is 13.6. The number of hydrogen-bond donors (Lipinski definition) is 0. The molecule has 0 aliphatic carbocycles. The number of amides is 1. The van der Waals surface area contributed by atoms with Crippen molar-refractivity contribution in [1.29, 1.82) is 0 Å². The van der Waals surface area contributed by atoms with E-state index < -0.39 is 10.0 Å². The Morgan fingerprint density at radius 3 is 2.42 bits per heavy atom. The van der Waals surface area contributed by atoms with Gasteiger partial charge in [0.05, 0.1) is 4.90 Å². The van der Waals surface area contributed by atoms with Crippen LogP contribution < -0.4 is 4.90 Å². The number of anilines is 1. The predicted molar refractivity (Wildman–Crippen MR) is 121 cm³/mol. The molecule has 7 heteroatoms. The Bertz CT molecular complexity index is 1110. The molecular formula is C24H29N3O3S. The van der Waals surface area contributed by atoms with Crippen molar-refractivity contribution in [3.05, 3.63) is 59.2 Å². The maximum atomic E-state index is 13.6. The molecule has 1 amide bonds. The Morgan fingerprint density at radius 2 is 1.71 bits per heavy atom. The third-order valence-electron chi connectivity index (χ3n) is 6.98. The third kappa shape index (κ3) is 3.49. The Balaban J connectivity index is 1.46. The summed E-state index contributed by atoms with van der Waals surface area (Å²) in [5.74, 6) is 0.264. The maximum Gasteiger partial charge on any atom is 0.258 e. The molecule has 2 aromatic carbocycles. The minimum atomic E-state index is -3.48. The first kappa shape index (κ1) is 20.7. The summed E-state index contributed by atoms with van der Waals surface area (Å²) in [4.78, 5) is 18.2. The van der Waals surface area contributed by atoms with E-state index in [0.29, 0.717) is 24.6 Å². The molecule has 2 saturated heterocycles. The molecule has 0 unspecified atom stereocenters. The second-order valence-electron chi connectivity index (χ2n) is 9.10. The van der Waals surface area contributed by atoms with Crippen LogP contribution in [0, 0.1) is 6.92 Å². The molecule has 0 N–H and O–H groups in total. The van der Waals surface area contributed by atoms with Crippen molar-refractivity contribution in [2.75, 3.05) is 38.1 Å². The lowest BCUT2D eigenvalue weighted by Gasteiger charge is -2.36. The fourth-order valence-electron chi connectivity index (χ4n) is 5.33. The number of piperidine rings is 1. The number of likely N-dealkylation sites (tertiary alicyclic amines) is 1. The first-order chi connectivity index (χ1) is 14.9. The van der Waals surface area contributed by atoms with Crippen molar-refractivity contribution in [2.24, 2.45) is 0 Å². The molecule has 2 aromatic rings. The zero-order valence-electron chi connectivity index (χ0n) is 18.1. The van der Waals surface area contributed by atoms with Crippen molar-refractivity contribution in [1.82, 2.24) is 9.21 Å². The summed E-state index contributed by atoms with van der Waals surface area (Å²) in [5, 5.41) is 0. The Labute approximate surface area is 184 Å². The van der Waals surface area contributed by atoms with Crippen LogP contribution >= 0.6 is 0 Å². The minimum Gasteiger partial charge on any atom is -0.306 e. The lowest BCUT2D eigenvalue weighted by atomic mass is 9.88. The van der Waals surface area contributed by atoms with E-state index in [1.165, 1.54) is 15.4 Å². The molecule has 0 aromatic heterocycles. The summed E-state index contributed by atoms with van der Waals surface area (Å²) < 4.78 is 27.2. The number of carbonyl (C=O) groups is 1. The SMILES string of the molecule is Cc1ccc2c(c1)[C@H]1CN(C)CC[C@@H]1N2C(=O)c1ccc(S(=O)(=O)N2CCCC2)cc1. The molecule has 2 fully saturated rings. The topological polar surface area (TPSA) is 60.9 Å². The van der Waals surface area contributed by atoms with E-state index in [9.17, 15) is 13.2 Å². The second kappa shape index (κ2) is 7.73. The summed E-state index contributed by atoms with van der Waals surface area (Å²) in [7, 11) is -1.34. The summed E-state index contributed by atoms with van der Waals surface area (Å²) in [5.41, 5.74) is 3.98. The van der Waals surface area contributed by atoms with Crippen LogP contribution in [0.2, 0.25) is 0 Å². The molecule has 0 spiro atoms. The van der Waals surface area contributed by atoms with Gasteiger partial charge in [0, 0.05) is 42.8 Å². The summed E-state index contributed by atoms with van der Waals surface area (Å²) >= 11 is 0. The monoisotopic (exact) mass is 439 g/mol. The van der Waals surface area contributed by atoms with Gasteiger partial charge in [-0.15, -0.1) is 0 Å². The van der Waals surface area contributed by atoms with Crippen molar-refractivity contribution in [2.45, 2.75) is 43.0 Å². The number of hydrogen-bond acceptors (Lipinski definition) is 4. The highest BCUT2D eigenvalue weighted by molar-refractivity contribution is 7.89. The van der Waals surface area contributed by atoms with E-state index in [0.717, 1.165) is 38.0 Å². The van der Waals surface area contributed by atoms with Crippen LogP contribution in [0.25, 0.3) is 0 Å². The molecule has 2 atom stereocenters. The molecule has 6 nitrogen and oxygen atoms in total. The number of likely N-dealkylation sites (N-methyl/N-ethyl adjacent to an activating group) is 1. The largest absolute Gasteiger partial charge is 0.306 e. The highest BCUT2D eigenvalue weighted by Gasteiger charge is 2.44. The van der Waals surface area contributed by atoms with E-state index >= 15 is 0 Å². The van der Waals surface area contributed by atoms with Gasteiger partial charge < -0.3 is 9.80 Å².